The van der Waals surface area contributed by atoms with E-state index in [2.05, 4.69) is 4.98 Å². The maximum atomic E-state index is 13.5. The Morgan fingerprint density at radius 3 is 2.38 bits per heavy atom. The van der Waals surface area contributed by atoms with Gasteiger partial charge in [-0.1, -0.05) is 17.8 Å². The van der Waals surface area contributed by atoms with E-state index in [4.69, 9.17) is 0 Å². The number of thioether (sulfide) groups is 1. The van der Waals surface area contributed by atoms with Gasteiger partial charge in [-0.15, -0.1) is 11.3 Å². The molecule has 0 spiro atoms. The molecule has 11 heteroatoms. The number of fused-ring (bicyclic) bond motifs is 5. The molecule has 0 saturated carbocycles. The van der Waals surface area contributed by atoms with E-state index in [1.807, 2.05) is 4.57 Å². The highest BCUT2D eigenvalue weighted by molar-refractivity contribution is 8.01. The van der Waals surface area contributed by atoms with Crippen molar-refractivity contribution in [2.24, 2.45) is 0 Å². The average molecular weight is 573 g/mol. The van der Waals surface area contributed by atoms with E-state index in [-0.39, 0.29) is 28.5 Å². The summed E-state index contributed by atoms with van der Waals surface area (Å²) in [6.45, 7) is 0. The number of anilines is 1. The smallest absolute Gasteiger partial charge is 0.283 e. The lowest BCUT2D eigenvalue weighted by Crippen LogP contribution is -2.29. The monoisotopic (exact) mass is 572 g/mol. The van der Waals surface area contributed by atoms with Crippen LogP contribution >= 0.6 is 23.1 Å². The summed E-state index contributed by atoms with van der Waals surface area (Å²) in [7, 11) is 0. The predicted octanol–water partition coefficient (Wildman–Crippen LogP) is 6.00. The third kappa shape index (κ3) is 3.90. The molecule has 2 amide bonds. The van der Waals surface area contributed by atoms with Crippen molar-refractivity contribution in [1.29, 1.82) is 0 Å². The largest absolute Gasteiger partial charge is 0.287 e. The van der Waals surface area contributed by atoms with Gasteiger partial charge >= 0.3 is 0 Å². The summed E-state index contributed by atoms with van der Waals surface area (Å²) in [5, 5.41) is 11.4. The molecule has 0 fully saturated rings. The van der Waals surface area contributed by atoms with Crippen molar-refractivity contribution in [3.63, 3.8) is 0 Å². The second-order valence-electron chi connectivity index (χ2n) is 10.3. The molecular weight excluding hydrogens is 548 g/mol. The fourth-order valence-electron chi connectivity index (χ4n) is 6.32. The molecule has 0 atom stereocenters. The first kappa shape index (κ1) is 25.2. The fraction of sp³-hybridized carbons (Fsp3) is 0.310. The molecule has 0 N–H and O–H groups in total. The molecule has 2 aromatic carbocycles. The molecule has 0 radical (unpaired) electrons. The van der Waals surface area contributed by atoms with Crippen molar-refractivity contribution < 1.29 is 19.3 Å². The number of nitro groups is 1. The number of carbonyl (C=O) groups is 3. The van der Waals surface area contributed by atoms with Crippen molar-refractivity contribution in [1.82, 2.24) is 9.55 Å². The van der Waals surface area contributed by atoms with Gasteiger partial charge in [0.05, 0.1) is 32.1 Å². The van der Waals surface area contributed by atoms with Crippen LogP contribution in [0.15, 0.2) is 40.7 Å². The zero-order valence-corrected chi connectivity index (χ0v) is 23.1. The lowest BCUT2D eigenvalue weighted by atomic mass is 9.89. The Hall–Kier alpha value is -3.83. The highest BCUT2D eigenvalue weighted by atomic mass is 32.2. The molecule has 3 heterocycles. The third-order valence-corrected chi connectivity index (χ3v) is 10.2. The molecule has 2 aliphatic carbocycles. The summed E-state index contributed by atoms with van der Waals surface area (Å²) in [5.74, 6) is -0.928. The summed E-state index contributed by atoms with van der Waals surface area (Å²) < 4.78 is 3.51. The van der Waals surface area contributed by atoms with Crippen molar-refractivity contribution in [3.8, 4) is 0 Å². The Morgan fingerprint density at radius 1 is 0.975 bits per heavy atom. The first-order valence-electron chi connectivity index (χ1n) is 13.4. The Kier molecular flexibility index (Phi) is 6.08. The topological polar surface area (TPSA) is 115 Å². The highest BCUT2D eigenvalue weighted by Crippen LogP contribution is 2.38. The lowest BCUT2D eigenvalue weighted by molar-refractivity contribution is -0.385. The van der Waals surface area contributed by atoms with Crippen molar-refractivity contribution in [2.45, 2.75) is 55.7 Å². The number of amides is 2. The van der Waals surface area contributed by atoms with E-state index < -0.39 is 16.7 Å². The van der Waals surface area contributed by atoms with Gasteiger partial charge in [0.2, 0.25) is 5.91 Å². The summed E-state index contributed by atoms with van der Waals surface area (Å²) >= 11 is 2.80. The second-order valence-corrected chi connectivity index (χ2v) is 12.6. The molecule has 2 aromatic heterocycles. The number of hydrogen-bond donors (Lipinski definition) is 0. The van der Waals surface area contributed by atoms with Gasteiger partial charge in [-0.2, -0.15) is 0 Å². The fourth-order valence-corrected chi connectivity index (χ4v) is 8.27. The van der Waals surface area contributed by atoms with Crippen LogP contribution in [-0.2, 0) is 25.7 Å². The van der Waals surface area contributed by atoms with E-state index in [1.54, 1.807) is 18.2 Å². The second kappa shape index (κ2) is 9.67. The number of nitro benzene ring substituents is 1. The molecule has 0 saturated heterocycles. The van der Waals surface area contributed by atoms with Crippen LogP contribution in [0.3, 0.4) is 0 Å². The Morgan fingerprint density at radius 2 is 1.68 bits per heavy atom. The van der Waals surface area contributed by atoms with E-state index >= 15 is 0 Å². The van der Waals surface area contributed by atoms with Gasteiger partial charge in [0.15, 0.2) is 4.34 Å². The lowest BCUT2D eigenvalue weighted by Gasteiger charge is -2.16. The minimum absolute atomic E-state index is 0.0211. The number of hydrogen-bond acceptors (Lipinski definition) is 8. The minimum Gasteiger partial charge on any atom is -0.287 e. The molecule has 0 unspecified atom stereocenters. The predicted molar refractivity (Wildman–Crippen MR) is 153 cm³/mol. The Bertz CT molecular complexity index is 1740. The van der Waals surface area contributed by atoms with Crippen LogP contribution < -0.4 is 4.90 Å². The standard InChI is InChI=1S/C29H24N4O5S2/c34-25(32-21-9-3-1-6-17(21)18-7-2-4-10-22(18)32)15-39-29-30-20-13-12-16(14-24(20)40-29)31-27(35)19-8-5-11-23(33(37)38)26(19)28(31)36/h5,8,11-14H,1-4,6-7,9-10,15H2. The van der Waals surface area contributed by atoms with E-state index in [1.165, 1.54) is 76.7 Å². The molecule has 40 heavy (non-hydrogen) atoms. The quantitative estimate of drug-likeness (QED) is 0.125. The van der Waals surface area contributed by atoms with Crippen LogP contribution in [0.2, 0.25) is 0 Å². The van der Waals surface area contributed by atoms with E-state index in [9.17, 15) is 24.5 Å². The molecule has 3 aliphatic rings. The van der Waals surface area contributed by atoms with Crippen LogP contribution in [0.1, 0.15) is 73.7 Å². The minimum atomic E-state index is -0.713. The van der Waals surface area contributed by atoms with Crippen molar-refractivity contribution >= 4 is 62.4 Å². The first-order chi connectivity index (χ1) is 19.4. The molecule has 1 aliphatic heterocycles. The summed E-state index contributed by atoms with van der Waals surface area (Å²) in [4.78, 5) is 56.1. The Balaban J connectivity index is 1.13. The number of nitrogens with zero attached hydrogens (tertiary/aromatic N) is 4. The molecule has 4 aromatic rings. The number of rotatable bonds is 5. The van der Waals surface area contributed by atoms with Crippen LogP contribution in [0.25, 0.3) is 10.2 Å². The van der Waals surface area contributed by atoms with Crippen molar-refractivity contribution in [2.75, 3.05) is 10.7 Å². The average Bonchev–Trinajstić information content (AvgIpc) is 3.61. The highest BCUT2D eigenvalue weighted by Gasteiger charge is 2.42. The van der Waals surface area contributed by atoms with Gasteiger partial charge < -0.3 is 0 Å². The molecule has 0 bridgehead atoms. The van der Waals surface area contributed by atoms with Crippen molar-refractivity contribution in [3.05, 3.63) is 80.2 Å². The molecule has 7 rings (SSSR count). The molecule has 9 nitrogen and oxygen atoms in total. The zero-order chi connectivity index (χ0) is 27.5. The summed E-state index contributed by atoms with van der Waals surface area (Å²) in [5.41, 5.74) is 5.76. The maximum Gasteiger partial charge on any atom is 0.283 e. The van der Waals surface area contributed by atoms with Crippen LogP contribution in [0.5, 0.6) is 0 Å². The number of imide groups is 1. The Labute approximate surface area is 237 Å². The van der Waals surface area contributed by atoms with Crippen LogP contribution in [-0.4, -0.2) is 37.9 Å². The first-order valence-corrected chi connectivity index (χ1v) is 15.2. The van der Waals surface area contributed by atoms with E-state index in [0.717, 1.165) is 52.5 Å². The number of aromatic nitrogens is 2. The van der Waals surface area contributed by atoms with E-state index in [0.29, 0.717) is 11.2 Å². The van der Waals surface area contributed by atoms with Crippen LogP contribution in [0, 0.1) is 10.1 Å². The SMILES string of the molecule is O=C1c2cccc([N+](=O)[O-])c2C(=O)N1c1ccc2nc(SCC(=O)n3c4c(c5c3CCCC5)CCCC4)sc2c1. The van der Waals surface area contributed by atoms with Gasteiger partial charge in [0.1, 0.15) is 5.56 Å². The zero-order valence-electron chi connectivity index (χ0n) is 21.5. The summed E-state index contributed by atoms with van der Waals surface area (Å²) in [6.07, 6.45) is 8.70. The molecular formula is C29H24N4O5S2. The third-order valence-electron chi connectivity index (χ3n) is 8.05. The number of thiazole rings is 1. The van der Waals surface area contributed by atoms with Gasteiger partial charge in [0.25, 0.3) is 17.5 Å². The molecule has 202 valence electrons. The maximum absolute atomic E-state index is 13.5. The number of benzene rings is 2. The van der Waals surface area contributed by atoms with Gasteiger partial charge in [-0.25, -0.2) is 9.88 Å². The van der Waals surface area contributed by atoms with Gasteiger partial charge in [-0.3, -0.25) is 29.1 Å². The van der Waals surface area contributed by atoms with Crippen LogP contribution in [0.4, 0.5) is 11.4 Å². The number of carbonyl (C=O) groups excluding carboxylic acids is 3. The van der Waals surface area contributed by atoms with Gasteiger partial charge in [-0.05, 0) is 86.8 Å². The van der Waals surface area contributed by atoms with Gasteiger partial charge in [0, 0.05) is 17.5 Å². The summed E-state index contributed by atoms with van der Waals surface area (Å²) in [6, 6.07) is 9.10. The normalized spacial score (nSPS) is 16.2.